The van der Waals surface area contributed by atoms with Gasteiger partial charge < -0.3 is 9.47 Å². The van der Waals surface area contributed by atoms with E-state index in [0.717, 1.165) is 16.9 Å². The first kappa shape index (κ1) is 13.4. The lowest BCUT2D eigenvalue weighted by molar-refractivity contribution is 0.358. The van der Waals surface area contributed by atoms with Crippen molar-refractivity contribution >= 4 is 21.5 Å². The zero-order chi connectivity index (χ0) is 15.1. The molecule has 1 aliphatic rings. The Morgan fingerprint density at radius 3 is 2.18 bits per heavy atom. The molecule has 2 heteroatoms. The zero-order valence-corrected chi connectivity index (χ0v) is 13.1. The Morgan fingerprint density at radius 1 is 0.682 bits per heavy atom. The maximum Gasteiger partial charge on any atom is 0.168 e. The summed E-state index contributed by atoms with van der Waals surface area (Å²) in [6, 6.07) is 13.2. The average molecular weight is 292 g/mol. The molecule has 2 nitrogen and oxygen atoms in total. The van der Waals surface area contributed by atoms with Crippen molar-refractivity contribution in [3.05, 3.63) is 47.5 Å². The van der Waals surface area contributed by atoms with Crippen LogP contribution in [0.3, 0.4) is 0 Å². The summed E-state index contributed by atoms with van der Waals surface area (Å²) < 4.78 is 11.0. The van der Waals surface area contributed by atoms with Crippen LogP contribution in [0.5, 0.6) is 11.5 Å². The molecule has 3 aromatic rings. The van der Waals surface area contributed by atoms with Gasteiger partial charge in [0.15, 0.2) is 11.5 Å². The number of aryl methyl sites for hydroxylation is 2. The Balaban J connectivity index is 2.08. The second kappa shape index (κ2) is 5.20. The predicted octanol–water partition coefficient (Wildman–Crippen LogP) is 4.89. The lowest BCUT2D eigenvalue weighted by Gasteiger charge is -2.19. The number of ether oxygens (including phenoxy) is 2. The van der Waals surface area contributed by atoms with Crippen LogP contribution < -0.4 is 9.47 Å². The van der Waals surface area contributed by atoms with Crippen molar-refractivity contribution in [3.8, 4) is 11.5 Å². The normalized spacial score (nSPS) is 14.1. The molecule has 0 bridgehead atoms. The van der Waals surface area contributed by atoms with Gasteiger partial charge in [-0.3, -0.25) is 0 Å². The van der Waals surface area contributed by atoms with E-state index in [4.69, 9.17) is 9.47 Å². The third-order valence-electron chi connectivity index (χ3n) is 4.87. The number of hydrogen-bond acceptors (Lipinski definition) is 2. The molecule has 0 aromatic heterocycles. The van der Waals surface area contributed by atoms with Crippen molar-refractivity contribution in [1.82, 2.24) is 0 Å². The molecule has 0 amide bonds. The van der Waals surface area contributed by atoms with Gasteiger partial charge in [-0.05, 0) is 71.2 Å². The highest BCUT2D eigenvalue weighted by atomic mass is 16.5. The SMILES string of the molecule is COc1ccc2c(ccc3c4c(ccc32)CCCC4)c1OC. The van der Waals surface area contributed by atoms with Crippen LogP contribution in [0, 0.1) is 0 Å². The highest BCUT2D eigenvalue weighted by molar-refractivity contribution is 6.11. The minimum atomic E-state index is 0.785. The van der Waals surface area contributed by atoms with E-state index in [2.05, 4.69) is 30.3 Å². The lowest BCUT2D eigenvalue weighted by Crippen LogP contribution is -2.03. The fourth-order valence-electron chi connectivity index (χ4n) is 3.80. The number of rotatable bonds is 2. The van der Waals surface area contributed by atoms with Gasteiger partial charge in [-0.25, -0.2) is 0 Å². The number of hydrogen-bond donors (Lipinski definition) is 0. The molecule has 3 aromatic carbocycles. The van der Waals surface area contributed by atoms with Gasteiger partial charge in [0.2, 0.25) is 0 Å². The Morgan fingerprint density at radius 2 is 1.36 bits per heavy atom. The summed E-state index contributed by atoms with van der Waals surface area (Å²) in [6.45, 7) is 0. The number of methoxy groups -OCH3 is 2. The van der Waals surface area contributed by atoms with E-state index in [1.54, 1.807) is 19.8 Å². The maximum atomic E-state index is 5.59. The van der Waals surface area contributed by atoms with Gasteiger partial charge in [0.05, 0.1) is 14.2 Å². The van der Waals surface area contributed by atoms with Crippen molar-refractivity contribution in [2.75, 3.05) is 14.2 Å². The molecule has 0 unspecified atom stereocenters. The van der Waals surface area contributed by atoms with Gasteiger partial charge in [0, 0.05) is 5.39 Å². The third kappa shape index (κ3) is 1.87. The van der Waals surface area contributed by atoms with Crippen LogP contribution in [0.15, 0.2) is 36.4 Å². The molecule has 0 spiro atoms. The van der Waals surface area contributed by atoms with Crippen LogP contribution >= 0.6 is 0 Å². The second-order valence-electron chi connectivity index (χ2n) is 5.97. The molecule has 0 atom stereocenters. The van der Waals surface area contributed by atoms with Crippen LogP contribution in [0.25, 0.3) is 21.5 Å². The van der Waals surface area contributed by atoms with E-state index in [1.165, 1.54) is 47.4 Å². The molecule has 0 aliphatic heterocycles. The van der Waals surface area contributed by atoms with Crippen LogP contribution in [0.1, 0.15) is 24.0 Å². The summed E-state index contributed by atoms with van der Waals surface area (Å²) in [5, 5.41) is 5.07. The molecule has 4 rings (SSSR count). The molecule has 22 heavy (non-hydrogen) atoms. The summed E-state index contributed by atoms with van der Waals surface area (Å²) in [6.07, 6.45) is 5.04. The summed E-state index contributed by atoms with van der Waals surface area (Å²) in [5.74, 6) is 1.60. The van der Waals surface area contributed by atoms with Crippen molar-refractivity contribution in [3.63, 3.8) is 0 Å². The van der Waals surface area contributed by atoms with Gasteiger partial charge in [0.1, 0.15) is 0 Å². The topological polar surface area (TPSA) is 18.5 Å². The van der Waals surface area contributed by atoms with Crippen molar-refractivity contribution < 1.29 is 9.47 Å². The van der Waals surface area contributed by atoms with E-state index in [1.807, 2.05) is 6.07 Å². The van der Waals surface area contributed by atoms with Gasteiger partial charge in [0.25, 0.3) is 0 Å². The van der Waals surface area contributed by atoms with Gasteiger partial charge in [-0.1, -0.05) is 18.2 Å². The summed E-state index contributed by atoms with van der Waals surface area (Å²) in [5.41, 5.74) is 3.07. The van der Waals surface area contributed by atoms with E-state index >= 15 is 0 Å². The Hall–Kier alpha value is -2.22. The average Bonchev–Trinajstić information content (AvgIpc) is 2.59. The fraction of sp³-hybridized carbons (Fsp3) is 0.300. The van der Waals surface area contributed by atoms with Gasteiger partial charge in [-0.15, -0.1) is 0 Å². The van der Waals surface area contributed by atoms with Crippen LogP contribution in [-0.4, -0.2) is 14.2 Å². The predicted molar refractivity (Wildman–Crippen MR) is 91.2 cm³/mol. The molecule has 0 fully saturated rings. The molecular formula is C20H20O2. The molecule has 0 saturated carbocycles. The first-order valence-electron chi connectivity index (χ1n) is 7.91. The first-order valence-corrected chi connectivity index (χ1v) is 7.91. The van der Waals surface area contributed by atoms with Crippen molar-refractivity contribution in [2.24, 2.45) is 0 Å². The number of fused-ring (bicyclic) bond motifs is 5. The standard InChI is InChI=1S/C20H20O2/c1-21-19-12-11-17-16-8-7-13-5-3-4-6-14(13)15(16)9-10-18(17)20(19)22-2/h7-12H,3-6H2,1-2H3. The van der Waals surface area contributed by atoms with Crippen LogP contribution in [0.4, 0.5) is 0 Å². The van der Waals surface area contributed by atoms with E-state index in [0.29, 0.717) is 0 Å². The van der Waals surface area contributed by atoms with Crippen LogP contribution in [-0.2, 0) is 12.8 Å². The first-order chi connectivity index (χ1) is 10.8. The third-order valence-corrected chi connectivity index (χ3v) is 4.87. The Bertz CT molecular complexity index is 810. The molecular weight excluding hydrogens is 272 g/mol. The van der Waals surface area contributed by atoms with Crippen molar-refractivity contribution in [2.45, 2.75) is 25.7 Å². The monoisotopic (exact) mass is 292 g/mol. The highest BCUT2D eigenvalue weighted by Crippen LogP contribution is 2.40. The zero-order valence-electron chi connectivity index (χ0n) is 13.1. The minimum absolute atomic E-state index is 0.785. The Kier molecular flexibility index (Phi) is 3.18. The van der Waals surface area contributed by atoms with Crippen molar-refractivity contribution in [1.29, 1.82) is 0 Å². The second-order valence-corrected chi connectivity index (χ2v) is 5.97. The van der Waals surface area contributed by atoms with Gasteiger partial charge in [-0.2, -0.15) is 0 Å². The van der Waals surface area contributed by atoms with E-state index in [9.17, 15) is 0 Å². The van der Waals surface area contributed by atoms with E-state index < -0.39 is 0 Å². The highest BCUT2D eigenvalue weighted by Gasteiger charge is 2.15. The smallest absolute Gasteiger partial charge is 0.168 e. The molecule has 112 valence electrons. The molecule has 0 saturated heterocycles. The molecule has 0 radical (unpaired) electrons. The molecule has 1 aliphatic carbocycles. The quantitative estimate of drug-likeness (QED) is 0.626. The summed E-state index contributed by atoms with van der Waals surface area (Å²) in [7, 11) is 3.38. The number of benzene rings is 3. The lowest BCUT2D eigenvalue weighted by atomic mass is 9.86. The minimum Gasteiger partial charge on any atom is -0.493 e. The fourth-order valence-corrected chi connectivity index (χ4v) is 3.80. The summed E-state index contributed by atoms with van der Waals surface area (Å²) >= 11 is 0. The maximum absolute atomic E-state index is 5.59. The van der Waals surface area contributed by atoms with E-state index in [-0.39, 0.29) is 0 Å². The van der Waals surface area contributed by atoms with Gasteiger partial charge >= 0.3 is 0 Å². The summed E-state index contributed by atoms with van der Waals surface area (Å²) in [4.78, 5) is 0. The van der Waals surface area contributed by atoms with Crippen LogP contribution in [0.2, 0.25) is 0 Å². The largest absolute Gasteiger partial charge is 0.493 e. The molecule has 0 heterocycles. The molecule has 0 N–H and O–H groups in total. The Labute approximate surface area is 130 Å².